The molecule has 5 aromatic carbocycles. The highest BCUT2D eigenvalue weighted by Crippen LogP contribution is 2.40. The minimum absolute atomic E-state index is 0.664. The van der Waals surface area contributed by atoms with E-state index in [2.05, 4.69) is 105 Å². The molecule has 0 radical (unpaired) electrons. The molecule has 5 heteroatoms. The molecular weight excluding hydrogens is 552 g/mol. The molecule has 0 atom stereocenters. The van der Waals surface area contributed by atoms with Crippen molar-refractivity contribution in [3.63, 3.8) is 0 Å². The molecule has 0 amide bonds. The van der Waals surface area contributed by atoms with E-state index in [-0.39, 0.29) is 0 Å². The van der Waals surface area contributed by atoms with Crippen LogP contribution in [0.3, 0.4) is 0 Å². The maximum Gasteiger partial charge on any atom is 0.163 e. The Kier molecular flexibility index (Phi) is 6.97. The van der Waals surface area contributed by atoms with Crippen LogP contribution in [0.15, 0.2) is 91.3 Å². The molecule has 222 valence electrons. The van der Waals surface area contributed by atoms with Crippen molar-refractivity contribution in [1.29, 1.82) is 0 Å². The van der Waals surface area contributed by atoms with Crippen molar-refractivity contribution in [1.82, 2.24) is 19.5 Å². The monoisotopic (exact) mass is 588 g/mol. The first-order valence-electron chi connectivity index (χ1n) is 15.3. The van der Waals surface area contributed by atoms with Gasteiger partial charge < -0.3 is 9.30 Å². The third-order valence-corrected chi connectivity index (χ3v) is 9.20. The number of aryl methyl sites for hydroxylation is 4. The van der Waals surface area contributed by atoms with E-state index in [0.29, 0.717) is 11.6 Å². The van der Waals surface area contributed by atoms with E-state index < -0.39 is 0 Å². The number of benzene rings is 5. The summed E-state index contributed by atoms with van der Waals surface area (Å²) in [7, 11) is 1.73. The van der Waals surface area contributed by atoms with Crippen molar-refractivity contribution in [2.75, 3.05) is 7.11 Å². The van der Waals surface area contributed by atoms with Crippen molar-refractivity contribution < 1.29 is 4.74 Å². The Labute approximate surface area is 264 Å². The van der Waals surface area contributed by atoms with Gasteiger partial charge >= 0.3 is 0 Å². The Morgan fingerprint density at radius 3 is 1.80 bits per heavy atom. The Morgan fingerprint density at radius 2 is 1.16 bits per heavy atom. The average Bonchev–Trinajstić information content (AvgIpc) is 3.36. The zero-order valence-electron chi connectivity index (χ0n) is 26.9. The fourth-order valence-corrected chi connectivity index (χ4v) is 6.78. The average molecular weight is 589 g/mol. The number of methoxy groups -OCH3 is 1. The van der Waals surface area contributed by atoms with Gasteiger partial charge in [-0.1, -0.05) is 42.5 Å². The van der Waals surface area contributed by atoms with Crippen LogP contribution in [0.5, 0.6) is 5.75 Å². The molecule has 7 aromatic rings. The Balaban J connectivity index is 1.43. The lowest BCUT2D eigenvalue weighted by Gasteiger charge is -2.17. The molecule has 0 unspecified atom stereocenters. The fraction of sp³-hybridized carbons (Fsp3) is 0.175. The normalized spacial score (nSPS) is 11.4. The Bertz CT molecular complexity index is 2210. The van der Waals surface area contributed by atoms with E-state index in [1.54, 1.807) is 13.4 Å². The van der Waals surface area contributed by atoms with Crippen molar-refractivity contribution in [3.8, 4) is 45.3 Å². The highest BCUT2D eigenvalue weighted by molar-refractivity contribution is 6.11. The molecule has 0 aliphatic carbocycles. The lowest BCUT2D eigenvalue weighted by atomic mass is 9.89. The molecule has 0 saturated carbocycles. The van der Waals surface area contributed by atoms with Gasteiger partial charge in [0.1, 0.15) is 12.1 Å². The van der Waals surface area contributed by atoms with Crippen LogP contribution in [0.2, 0.25) is 0 Å². The van der Waals surface area contributed by atoms with Gasteiger partial charge in [-0.15, -0.1) is 0 Å². The molecule has 0 N–H and O–H groups in total. The molecule has 7 rings (SSSR count). The van der Waals surface area contributed by atoms with Crippen LogP contribution in [-0.2, 0) is 0 Å². The topological polar surface area (TPSA) is 52.8 Å². The predicted octanol–water partition coefficient (Wildman–Crippen LogP) is 9.83. The molecule has 5 nitrogen and oxygen atoms in total. The van der Waals surface area contributed by atoms with Crippen LogP contribution in [0.25, 0.3) is 61.4 Å². The molecule has 45 heavy (non-hydrogen) atoms. The second-order valence-corrected chi connectivity index (χ2v) is 12.0. The number of hydrogen-bond acceptors (Lipinski definition) is 4. The van der Waals surface area contributed by atoms with Gasteiger partial charge in [0.2, 0.25) is 0 Å². The first kappa shape index (κ1) is 28.5. The number of fused-ring (bicyclic) bond motifs is 3. The van der Waals surface area contributed by atoms with E-state index in [1.165, 1.54) is 44.2 Å². The Hall–Kier alpha value is -5.29. The van der Waals surface area contributed by atoms with Gasteiger partial charge in [0.05, 0.1) is 23.8 Å². The smallest absolute Gasteiger partial charge is 0.163 e. The summed E-state index contributed by atoms with van der Waals surface area (Å²) in [5.41, 5.74) is 15.5. The van der Waals surface area contributed by atoms with Crippen LogP contribution < -0.4 is 4.74 Å². The minimum Gasteiger partial charge on any atom is -0.497 e. The second kappa shape index (κ2) is 11.0. The third kappa shape index (κ3) is 4.76. The number of ether oxygens (including phenoxy) is 1. The molecule has 0 spiro atoms. The summed E-state index contributed by atoms with van der Waals surface area (Å²) < 4.78 is 8.09. The van der Waals surface area contributed by atoms with Crippen LogP contribution >= 0.6 is 0 Å². The van der Waals surface area contributed by atoms with Gasteiger partial charge in [-0.2, -0.15) is 0 Å². The lowest BCUT2D eigenvalue weighted by molar-refractivity contribution is 0.415. The minimum atomic E-state index is 0.664. The number of rotatable bonds is 5. The van der Waals surface area contributed by atoms with Crippen molar-refractivity contribution in [3.05, 3.63) is 125 Å². The van der Waals surface area contributed by atoms with Crippen LogP contribution in [0.4, 0.5) is 0 Å². The standard InChI is InChI=1S/C40H36N4O/c1-23-17-24(2)28(6)37(27(23)5)30-13-15-35-33(20-30)34-21-32(45-7)14-16-36(34)44(35)38-25(3)18-31(19-26(38)4)40-42-22-41-39(43-40)29-11-9-8-10-12-29/h8-22H,1-7H3. The van der Waals surface area contributed by atoms with Crippen LogP contribution in [-0.4, -0.2) is 26.6 Å². The lowest BCUT2D eigenvalue weighted by Crippen LogP contribution is -2.02. The van der Waals surface area contributed by atoms with Crippen molar-refractivity contribution >= 4 is 21.8 Å². The highest BCUT2D eigenvalue weighted by atomic mass is 16.5. The molecule has 2 aromatic heterocycles. The maximum absolute atomic E-state index is 5.70. The van der Waals surface area contributed by atoms with Gasteiger partial charge in [-0.25, -0.2) is 15.0 Å². The SMILES string of the molecule is COc1ccc2c(c1)c1cc(-c3c(C)c(C)cc(C)c3C)ccc1n2-c1c(C)cc(-c2ncnc(-c3ccccc3)n2)cc1C. The molecule has 2 heterocycles. The number of hydrogen-bond donors (Lipinski definition) is 0. The molecule has 0 aliphatic heterocycles. The van der Waals surface area contributed by atoms with Gasteiger partial charge in [0.25, 0.3) is 0 Å². The van der Waals surface area contributed by atoms with Gasteiger partial charge in [0.15, 0.2) is 11.6 Å². The number of nitrogens with zero attached hydrogens (tertiary/aromatic N) is 4. The van der Waals surface area contributed by atoms with Crippen molar-refractivity contribution in [2.45, 2.75) is 41.5 Å². The van der Waals surface area contributed by atoms with E-state index in [9.17, 15) is 0 Å². The zero-order chi connectivity index (χ0) is 31.4. The van der Waals surface area contributed by atoms with Gasteiger partial charge in [0, 0.05) is 21.9 Å². The molecular formula is C40H36N4O. The largest absolute Gasteiger partial charge is 0.497 e. The summed E-state index contributed by atoms with van der Waals surface area (Å²) in [4.78, 5) is 13.8. The molecule has 0 fully saturated rings. The summed E-state index contributed by atoms with van der Waals surface area (Å²) in [6.07, 6.45) is 1.60. The second-order valence-electron chi connectivity index (χ2n) is 12.0. The van der Waals surface area contributed by atoms with E-state index in [1.807, 2.05) is 36.4 Å². The predicted molar refractivity (Wildman–Crippen MR) is 185 cm³/mol. The zero-order valence-corrected chi connectivity index (χ0v) is 26.9. The maximum atomic E-state index is 5.70. The third-order valence-electron chi connectivity index (χ3n) is 9.20. The molecule has 0 saturated heterocycles. The van der Waals surface area contributed by atoms with E-state index >= 15 is 0 Å². The Morgan fingerprint density at radius 1 is 0.556 bits per heavy atom. The van der Waals surface area contributed by atoms with Crippen LogP contribution in [0, 0.1) is 41.5 Å². The molecule has 0 bridgehead atoms. The summed E-state index contributed by atoms with van der Waals surface area (Å²) in [6, 6.07) is 30.0. The van der Waals surface area contributed by atoms with E-state index in [0.717, 1.165) is 44.7 Å². The first-order chi connectivity index (χ1) is 21.7. The van der Waals surface area contributed by atoms with Gasteiger partial charge in [-0.05, 0) is 129 Å². The van der Waals surface area contributed by atoms with Crippen LogP contribution in [0.1, 0.15) is 33.4 Å². The highest BCUT2D eigenvalue weighted by Gasteiger charge is 2.20. The quantitative estimate of drug-likeness (QED) is 0.201. The summed E-state index contributed by atoms with van der Waals surface area (Å²) >= 11 is 0. The van der Waals surface area contributed by atoms with Gasteiger partial charge in [-0.3, -0.25) is 0 Å². The number of aromatic nitrogens is 4. The summed E-state index contributed by atoms with van der Waals surface area (Å²) in [5, 5.41) is 2.37. The molecule has 0 aliphatic rings. The van der Waals surface area contributed by atoms with E-state index in [4.69, 9.17) is 9.72 Å². The summed E-state index contributed by atoms with van der Waals surface area (Å²) in [6.45, 7) is 13.2. The first-order valence-corrected chi connectivity index (χ1v) is 15.3. The van der Waals surface area contributed by atoms with Crippen molar-refractivity contribution in [2.24, 2.45) is 0 Å². The summed E-state index contributed by atoms with van der Waals surface area (Å²) in [5.74, 6) is 2.18. The fourth-order valence-electron chi connectivity index (χ4n) is 6.78.